The molecule has 25 heavy (non-hydrogen) atoms. The molecule has 0 atom stereocenters. The van der Waals surface area contributed by atoms with Crippen molar-refractivity contribution in [2.24, 2.45) is 0 Å². The highest BCUT2D eigenvalue weighted by Crippen LogP contribution is 2.42. The fourth-order valence-electron chi connectivity index (χ4n) is 3.56. The van der Waals surface area contributed by atoms with E-state index in [1.54, 1.807) is 44.6 Å². The van der Waals surface area contributed by atoms with E-state index < -0.39 is 5.41 Å². The van der Waals surface area contributed by atoms with E-state index in [1.807, 2.05) is 0 Å². The molecule has 3 rings (SSSR count). The number of nitrogens with one attached hydrogen (secondary N) is 1. The van der Waals surface area contributed by atoms with E-state index in [4.69, 9.17) is 9.47 Å². The van der Waals surface area contributed by atoms with Gasteiger partial charge >= 0.3 is 0 Å². The molecule has 0 unspecified atom stereocenters. The predicted molar refractivity (Wildman–Crippen MR) is 94.7 cm³/mol. The second kappa shape index (κ2) is 7.13. The molecule has 1 amide bonds. The number of hydrogen-bond donors (Lipinski definition) is 1. The zero-order chi connectivity index (χ0) is 17.9. The van der Waals surface area contributed by atoms with Gasteiger partial charge in [-0.25, -0.2) is 4.39 Å². The van der Waals surface area contributed by atoms with Gasteiger partial charge in [-0.2, -0.15) is 0 Å². The van der Waals surface area contributed by atoms with Crippen molar-refractivity contribution >= 4 is 11.6 Å². The number of methoxy groups -OCH3 is 2. The van der Waals surface area contributed by atoms with Crippen LogP contribution < -0.4 is 14.8 Å². The van der Waals surface area contributed by atoms with Crippen LogP contribution in [-0.4, -0.2) is 20.1 Å². The monoisotopic (exact) mass is 343 g/mol. The van der Waals surface area contributed by atoms with Crippen LogP contribution >= 0.6 is 0 Å². The van der Waals surface area contributed by atoms with Crippen molar-refractivity contribution in [3.8, 4) is 11.5 Å². The lowest BCUT2D eigenvalue weighted by molar-refractivity contribution is -0.121. The molecule has 132 valence electrons. The number of halogens is 1. The van der Waals surface area contributed by atoms with E-state index >= 15 is 0 Å². The zero-order valence-corrected chi connectivity index (χ0v) is 14.5. The molecular weight excluding hydrogens is 321 g/mol. The topological polar surface area (TPSA) is 47.6 Å². The van der Waals surface area contributed by atoms with Crippen LogP contribution in [0.1, 0.15) is 31.2 Å². The third-order valence-electron chi connectivity index (χ3n) is 4.93. The summed E-state index contributed by atoms with van der Waals surface area (Å²) >= 11 is 0. The van der Waals surface area contributed by atoms with Gasteiger partial charge in [0.1, 0.15) is 5.82 Å². The molecule has 0 radical (unpaired) electrons. The van der Waals surface area contributed by atoms with Gasteiger partial charge in [0.05, 0.1) is 19.6 Å². The summed E-state index contributed by atoms with van der Waals surface area (Å²) in [7, 11) is 3.12. The SMILES string of the molecule is COc1ccc(NC(=O)C2(c3ccc(F)cc3)CCCC2)cc1OC. The van der Waals surface area contributed by atoms with Gasteiger partial charge in [-0.3, -0.25) is 4.79 Å². The van der Waals surface area contributed by atoms with Gasteiger partial charge in [0.15, 0.2) is 11.5 Å². The predicted octanol–water partition coefficient (Wildman–Crippen LogP) is 4.29. The first kappa shape index (κ1) is 17.3. The summed E-state index contributed by atoms with van der Waals surface area (Å²) in [5, 5.41) is 3.00. The highest BCUT2D eigenvalue weighted by molar-refractivity contribution is 5.99. The molecule has 4 nitrogen and oxygen atoms in total. The molecule has 0 heterocycles. The molecule has 1 fully saturated rings. The molecule has 2 aromatic rings. The minimum Gasteiger partial charge on any atom is -0.493 e. The Hall–Kier alpha value is -2.56. The Labute approximate surface area is 147 Å². The Kier molecular flexibility index (Phi) is 4.93. The number of benzene rings is 2. The zero-order valence-electron chi connectivity index (χ0n) is 14.5. The van der Waals surface area contributed by atoms with Gasteiger partial charge in [0, 0.05) is 11.8 Å². The summed E-state index contributed by atoms with van der Waals surface area (Å²) in [6, 6.07) is 11.5. The van der Waals surface area contributed by atoms with E-state index in [9.17, 15) is 9.18 Å². The van der Waals surface area contributed by atoms with Crippen LogP contribution in [0.15, 0.2) is 42.5 Å². The molecule has 1 saturated carbocycles. The van der Waals surface area contributed by atoms with Crippen LogP contribution in [0.3, 0.4) is 0 Å². The lowest BCUT2D eigenvalue weighted by atomic mass is 9.78. The third-order valence-corrected chi connectivity index (χ3v) is 4.93. The molecule has 1 N–H and O–H groups in total. The van der Waals surface area contributed by atoms with Crippen LogP contribution in [0.2, 0.25) is 0 Å². The maximum Gasteiger partial charge on any atom is 0.235 e. The summed E-state index contributed by atoms with van der Waals surface area (Å²) in [5.74, 6) is 0.804. The fourth-order valence-corrected chi connectivity index (χ4v) is 3.56. The number of amides is 1. The van der Waals surface area contributed by atoms with Crippen LogP contribution in [0.4, 0.5) is 10.1 Å². The van der Waals surface area contributed by atoms with Gasteiger partial charge in [-0.15, -0.1) is 0 Å². The summed E-state index contributed by atoms with van der Waals surface area (Å²) in [6.45, 7) is 0. The van der Waals surface area contributed by atoms with Crippen LogP contribution in [0.5, 0.6) is 11.5 Å². The van der Waals surface area contributed by atoms with Crippen molar-refractivity contribution in [1.29, 1.82) is 0 Å². The smallest absolute Gasteiger partial charge is 0.235 e. The van der Waals surface area contributed by atoms with Crippen LogP contribution in [0.25, 0.3) is 0 Å². The lowest BCUT2D eigenvalue weighted by Gasteiger charge is -2.28. The first-order valence-corrected chi connectivity index (χ1v) is 8.38. The molecule has 5 heteroatoms. The molecule has 1 aliphatic rings. The number of carbonyl (C=O) groups is 1. The normalized spacial score (nSPS) is 15.6. The average Bonchev–Trinajstić information content (AvgIpc) is 3.13. The van der Waals surface area contributed by atoms with Crippen molar-refractivity contribution < 1.29 is 18.7 Å². The highest BCUT2D eigenvalue weighted by Gasteiger charge is 2.42. The van der Waals surface area contributed by atoms with Gasteiger partial charge in [0.25, 0.3) is 0 Å². The van der Waals surface area contributed by atoms with Gasteiger partial charge in [-0.05, 0) is 42.7 Å². The summed E-state index contributed by atoms with van der Waals surface area (Å²) in [5.41, 5.74) is 0.904. The first-order valence-electron chi connectivity index (χ1n) is 8.38. The van der Waals surface area contributed by atoms with E-state index in [0.29, 0.717) is 17.2 Å². The largest absolute Gasteiger partial charge is 0.493 e. The molecule has 0 spiro atoms. The second-order valence-corrected chi connectivity index (χ2v) is 6.32. The Bertz CT molecular complexity index is 752. The molecule has 0 aliphatic heterocycles. The van der Waals surface area contributed by atoms with Crippen molar-refractivity contribution in [1.82, 2.24) is 0 Å². The Morgan fingerprint density at radius 2 is 1.64 bits per heavy atom. The summed E-state index contributed by atoms with van der Waals surface area (Å²) < 4.78 is 23.8. The molecule has 0 bridgehead atoms. The van der Waals surface area contributed by atoms with Crippen LogP contribution in [0, 0.1) is 5.82 Å². The minimum atomic E-state index is -0.610. The highest BCUT2D eigenvalue weighted by atomic mass is 19.1. The first-order chi connectivity index (χ1) is 12.1. The molecular formula is C20H22FNO3. The van der Waals surface area contributed by atoms with Gasteiger partial charge in [0.2, 0.25) is 5.91 Å². The summed E-state index contributed by atoms with van der Waals surface area (Å²) in [4.78, 5) is 13.1. The summed E-state index contributed by atoms with van der Waals surface area (Å²) in [6.07, 6.45) is 3.49. The van der Waals surface area contributed by atoms with E-state index in [0.717, 1.165) is 31.2 Å². The Balaban J connectivity index is 1.88. The number of carbonyl (C=O) groups excluding carboxylic acids is 1. The van der Waals surface area contributed by atoms with Crippen molar-refractivity contribution in [2.75, 3.05) is 19.5 Å². The Morgan fingerprint density at radius 1 is 1.00 bits per heavy atom. The van der Waals surface area contributed by atoms with E-state index in [-0.39, 0.29) is 11.7 Å². The van der Waals surface area contributed by atoms with Gasteiger partial charge < -0.3 is 14.8 Å². The minimum absolute atomic E-state index is 0.0659. The third kappa shape index (κ3) is 3.31. The van der Waals surface area contributed by atoms with Crippen molar-refractivity contribution in [2.45, 2.75) is 31.1 Å². The number of rotatable bonds is 5. The van der Waals surface area contributed by atoms with E-state index in [1.165, 1.54) is 12.1 Å². The maximum atomic E-state index is 13.3. The number of ether oxygens (including phenoxy) is 2. The van der Waals surface area contributed by atoms with Gasteiger partial charge in [-0.1, -0.05) is 25.0 Å². The number of anilines is 1. The molecule has 2 aromatic carbocycles. The fraction of sp³-hybridized carbons (Fsp3) is 0.350. The maximum absolute atomic E-state index is 13.3. The van der Waals surface area contributed by atoms with Crippen LogP contribution in [-0.2, 0) is 10.2 Å². The number of hydrogen-bond acceptors (Lipinski definition) is 3. The van der Waals surface area contributed by atoms with Crippen molar-refractivity contribution in [3.63, 3.8) is 0 Å². The lowest BCUT2D eigenvalue weighted by Crippen LogP contribution is -2.38. The average molecular weight is 343 g/mol. The van der Waals surface area contributed by atoms with Crippen molar-refractivity contribution in [3.05, 3.63) is 53.8 Å². The quantitative estimate of drug-likeness (QED) is 0.881. The molecule has 0 aromatic heterocycles. The standard InChI is InChI=1S/C20H22FNO3/c1-24-17-10-9-16(13-18(17)25-2)22-19(23)20(11-3-4-12-20)14-5-7-15(21)8-6-14/h5-10,13H,3-4,11-12H2,1-2H3,(H,22,23). The molecule has 0 saturated heterocycles. The second-order valence-electron chi connectivity index (χ2n) is 6.32. The van der Waals surface area contributed by atoms with E-state index in [2.05, 4.69) is 5.32 Å². The molecule has 1 aliphatic carbocycles. The Morgan fingerprint density at radius 3 is 2.24 bits per heavy atom.